The van der Waals surface area contributed by atoms with Crippen molar-refractivity contribution in [2.45, 2.75) is 6.92 Å². The molecule has 0 amide bonds. The quantitative estimate of drug-likeness (QED) is 0.351. The first kappa shape index (κ1) is 13.4. The monoisotopic (exact) mass is 178 g/mol. The van der Waals surface area contributed by atoms with Gasteiger partial charge < -0.3 is 11.2 Å². The average Bonchev–Trinajstić information content (AvgIpc) is 1.59. The molecular weight excluding hydrogens is 170 g/mol. The summed E-state index contributed by atoms with van der Waals surface area (Å²) in [4.78, 5) is 26.0. The Morgan fingerprint density at radius 3 is 2.20 bits per heavy atom. The molecule has 0 bridgehead atoms. The molecule has 10 heavy (non-hydrogen) atoms. The Morgan fingerprint density at radius 1 is 1.70 bits per heavy atom. The van der Waals surface area contributed by atoms with E-state index in [1.165, 1.54) is 6.92 Å². The number of Topliss-reactive ketones (excluding diaryl/α,β-unsaturated/α-hetero) is 1. The average molecular weight is 178 g/mol. The fourth-order valence-corrected chi connectivity index (χ4v) is 0.525. The zero-order valence-corrected chi connectivity index (χ0v) is 8.67. The number of rotatable bonds is 3. The van der Waals surface area contributed by atoms with Gasteiger partial charge in [0.1, 0.15) is 6.61 Å². The maximum atomic E-state index is 10.0. The molecule has 0 aliphatic heterocycles. The van der Waals surface area contributed by atoms with Crippen molar-refractivity contribution in [1.29, 1.82) is 0 Å². The second-order valence-electron chi connectivity index (χ2n) is 1.47. The molecule has 0 fully saturated rings. The summed E-state index contributed by atoms with van der Waals surface area (Å²) in [5.74, 6) is -0.418. The van der Waals surface area contributed by atoms with Crippen molar-refractivity contribution >= 4 is 13.6 Å². The Balaban J connectivity index is -0.000000320. The third kappa shape index (κ3) is 11.6. The number of ketones is 1. The molecule has 0 unspecified atom stereocenters. The topological polar surface area (TPSA) is 83.8 Å². The summed E-state index contributed by atoms with van der Waals surface area (Å²) in [6.45, 7) is 0.639. The van der Waals surface area contributed by atoms with Crippen LogP contribution in [0.1, 0.15) is 8.35 Å². The van der Waals surface area contributed by atoms with Crippen molar-refractivity contribution < 1.29 is 54.7 Å². The summed E-state index contributed by atoms with van der Waals surface area (Å²) in [6.07, 6.45) is 0. The molecule has 0 spiro atoms. The van der Waals surface area contributed by atoms with E-state index in [-0.39, 0.29) is 31.0 Å². The van der Waals surface area contributed by atoms with E-state index >= 15 is 0 Å². The summed E-state index contributed by atoms with van der Waals surface area (Å²) in [5.41, 5.74) is 0. The second-order valence-corrected chi connectivity index (χ2v) is 2.71. The first-order chi connectivity index (χ1) is 3.92. The van der Waals surface area contributed by atoms with E-state index in [1.807, 2.05) is 0 Å². The van der Waals surface area contributed by atoms with Crippen molar-refractivity contribution in [3.8, 4) is 0 Å². The van der Waals surface area contributed by atoms with E-state index < -0.39 is 20.2 Å². The van der Waals surface area contributed by atoms with Crippen LogP contribution in [0.5, 0.6) is 0 Å². The number of hydrogen-bond acceptors (Lipinski definition) is 3. The maximum absolute atomic E-state index is 10.0. The van der Waals surface area contributed by atoms with Crippen molar-refractivity contribution in [3.05, 3.63) is 0 Å². The Hall–Kier alpha value is 0.780. The summed E-state index contributed by atoms with van der Waals surface area (Å²) in [6, 6.07) is 0. The summed E-state index contributed by atoms with van der Waals surface area (Å²) in [7, 11) is -4.44. The third-order valence-corrected chi connectivity index (χ3v) is 0.901. The van der Waals surface area contributed by atoms with E-state index in [0.29, 0.717) is 0 Å². The molecule has 0 aromatic rings. The summed E-state index contributed by atoms with van der Waals surface area (Å²) >= 11 is 0. The van der Waals surface area contributed by atoms with Gasteiger partial charge in [0, 0.05) is 0 Å². The second kappa shape index (κ2) is 5.43. The van der Waals surface area contributed by atoms with E-state index in [9.17, 15) is 9.36 Å². The Labute approximate surface area is 81.8 Å². The molecule has 0 heterocycles. The van der Waals surface area contributed by atoms with Gasteiger partial charge in [-0.3, -0.25) is 9.32 Å². The summed E-state index contributed by atoms with van der Waals surface area (Å²) in [5, 5.41) is 0. The van der Waals surface area contributed by atoms with Crippen LogP contribution < -0.4 is 29.6 Å². The molecule has 0 atom stereocenters. The Bertz CT molecular complexity index is 156. The normalized spacial score (nSPS) is 10.3. The molecule has 5 nitrogen and oxygen atoms in total. The smallest absolute Gasteiger partial charge is 1.00 e. The van der Waals surface area contributed by atoms with Crippen LogP contribution in [0.15, 0.2) is 0 Å². The number of carbonyl (C=O) groups excluding carboxylic acids is 1. The SMILES string of the molecule is CC(=O)COP(=O)(O)O.[H-].[Na+]. The zero-order chi connectivity index (χ0) is 7.49. The van der Waals surface area contributed by atoms with Gasteiger partial charge in [-0.1, -0.05) is 0 Å². The van der Waals surface area contributed by atoms with Crippen molar-refractivity contribution in [1.82, 2.24) is 0 Å². The van der Waals surface area contributed by atoms with Crippen LogP contribution in [0, 0.1) is 0 Å². The molecule has 56 valence electrons. The fraction of sp³-hybridized carbons (Fsp3) is 0.667. The number of hydrogen-bond donors (Lipinski definition) is 2. The van der Waals surface area contributed by atoms with Crippen molar-refractivity contribution in [2.24, 2.45) is 0 Å². The van der Waals surface area contributed by atoms with E-state index in [0.717, 1.165) is 0 Å². The van der Waals surface area contributed by atoms with Crippen molar-refractivity contribution in [3.63, 3.8) is 0 Å². The molecule has 0 aliphatic carbocycles. The molecule has 2 N–H and O–H groups in total. The van der Waals surface area contributed by atoms with Gasteiger partial charge in [-0.05, 0) is 6.92 Å². The van der Waals surface area contributed by atoms with Crippen molar-refractivity contribution in [2.75, 3.05) is 6.61 Å². The van der Waals surface area contributed by atoms with Gasteiger partial charge in [-0.2, -0.15) is 0 Å². The molecule has 0 aliphatic rings. The fourth-order valence-electron chi connectivity index (χ4n) is 0.175. The minimum Gasteiger partial charge on any atom is -1.00 e. The predicted molar refractivity (Wildman–Crippen MR) is 29.8 cm³/mol. The summed E-state index contributed by atoms with van der Waals surface area (Å²) < 4.78 is 13.7. The van der Waals surface area contributed by atoms with Gasteiger partial charge in [0.05, 0.1) is 0 Å². The minimum atomic E-state index is -4.44. The van der Waals surface area contributed by atoms with Crippen LogP contribution in [-0.2, 0) is 13.9 Å². The van der Waals surface area contributed by atoms with E-state index in [2.05, 4.69) is 4.52 Å². The zero-order valence-electron chi connectivity index (χ0n) is 6.77. The first-order valence-electron chi connectivity index (χ1n) is 2.11. The molecule has 0 saturated heterocycles. The van der Waals surface area contributed by atoms with Gasteiger partial charge in [-0.15, -0.1) is 0 Å². The van der Waals surface area contributed by atoms with Crippen LogP contribution in [-0.4, -0.2) is 22.2 Å². The standard InChI is InChI=1S/C3H7O5P.Na.H/c1-3(4)2-8-9(5,6)7;;/h2H2,1H3,(H2,5,6,7);;/q;+1;-1. The van der Waals surface area contributed by atoms with E-state index in [1.54, 1.807) is 0 Å². The van der Waals surface area contributed by atoms with Crippen LogP contribution in [0.25, 0.3) is 0 Å². The predicted octanol–water partition coefficient (Wildman–Crippen LogP) is -3.20. The Morgan fingerprint density at radius 2 is 2.10 bits per heavy atom. The third-order valence-electron chi connectivity index (χ3n) is 0.436. The molecule has 0 radical (unpaired) electrons. The first-order valence-corrected chi connectivity index (χ1v) is 3.64. The molecule has 0 rings (SSSR count). The van der Waals surface area contributed by atoms with Crippen LogP contribution in [0.4, 0.5) is 0 Å². The Kier molecular flexibility index (Phi) is 7.27. The van der Waals surface area contributed by atoms with Gasteiger partial charge in [0.15, 0.2) is 5.78 Å². The maximum Gasteiger partial charge on any atom is 1.00 e. The molecule has 0 saturated carbocycles. The minimum absolute atomic E-state index is 0. The number of phosphoric ester groups is 1. The molecule has 7 heteroatoms. The molecular formula is C3H8NaO5P. The molecule has 0 aromatic carbocycles. The van der Waals surface area contributed by atoms with Gasteiger partial charge in [0.2, 0.25) is 0 Å². The van der Waals surface area contributed by atoms with Crippen LogP contribution >= 0.6 is 7.82 Å². The van der Waals surface area contributed by atoms with Crippen LogP contribution in [0.3, 0.4) is 0 Å². The van der Waals surface area contributed by atoms with Crippen LogP contribution in [0.2, 0.25) is 0 Å². The van der Waals surface area contributed by atoms with Gasteiger partial charge in [-0.25, -0.2) is 4.57 Å². The molecule has 0 aromatic heterocycles. The van der Waals surface area contributed by atoms with Gasteiger partial charge >= 0.3 is 37.4 Å². The largest absolute Gasteiger partial charge is 1.00 e. The van der Waals surface area contributed by atoms with E-state index in [4.69, 9.17) is 9.79 Å². The van der Waals surface area contributed by atoms with Gasteiger partial charge in [0.25, 0.3) is 0 Å². The number of phosphoric acid groups is 1. The number of carbonyl (C=O) groups is 1.